The lowest BCUT2D eigenvalue weighted by atomic mass is 10.0. The van der Waals surface area contributed by atoms with E-state index in [0.29, 0.717) is 19.5 Å². The molecule has 1 fully saturated rings. The van der Waals surface area contributed by atoms with E-state index in [1.807, 2.05) is 13.0 Å². The minimum Gasteiger partial charge on any atom is -0.342 e. The third-order valence-electron chi connectivity index (χ3n) is 5.03. The van der Waals surface area contributed by atoms with E-state index in [1.54, 1.807) is 4.90 Å². The van der Waals surface area contributed by atoms with E-state index in [1.165, 1.54) is 22.3 Å². The average Bonchev–Trinajstić information content (AvgIpc) is 3.14. The Morgan fingerprint density at radius 1 is 1.17 bits per heavy atom. The monoisotopic (exact) mass is 320 g/mol. The second-order valence-corrected chi connectivity index (χ2v) is 6.53. The maximum atomic E-state index is 12.5. The van der Waals surface area contributed by atoms with E-state index in [2.05, 4.69) is 41.7 Å². The van der Waals surface area contributed by atoms with Crippen molar-refractivity contribution < 1.29 is 9.59 Å². The molecule has 2 aromatic carbocycles. The topological polar surface area (TPSA) is 49.4 Å². The Morgan fingerprint density at radius 2 is 1.96 bits per heavy atom. The molecule has 2 aliphatic rings. The number of fused-ring (bicyclic) bond motifs is 3. The molecule has 1 aliphatic carbocycles. The van der Waals surface area contributed by atoms with Crippen molar-refractivity contribution in [1.29, 1.82) is 0 Å². The van der Waals surface area contributed by atoms with Crippen molar-refractivity contribution >= 4 is 17.5 Å². The van der Waals surface area contributed by atoms with E-state index in [0.717, 1.165) is 12.1 Å². The molecule has 24 heavy (non-hydrogen) atoms. The first kappa shape index (κ1) is 14.9. The van der Waals surface area contributed by atoms with E-state index >= 15 is 0 Å². The number of nitrogens with one attached hydrogen (secondary N) is 1. The van der Waals surface area contributed by atoms with Gasteiger partial charge in [-0.3, -0.25) is 9.59 Å². The summed E-state index contributed by atoms with van der Waals surface area (Å²) in [7, 11) is 0. The van der Waals surface area contributed by atoms with Gasteiger partial charge in [0.15, 0.2) is 0 Å². The van der Waals surface area contributed by atoms with Gasteiger partial charge in [0.25, 0.3) is 0 Å². The van der Waals surface area contributed by atoms with Crippen LogP contribution in [0.3, 0.4) is 0 Å². The number of carbonyl (C=O) groups excluding carboxylic acids is 2. The van der Waals surface area contributed by atoms with Gasteiger partial charge >= 0.3 is 0 Å². The highest BCUT2D eigenvalue weighted by Gasteiger charge is 2.33. The molecule has 0 saturated carbocycles. The molecule has 2 amide bonds. The number of rotatable bonds is 3. The number of hydrogen-bond acceptors (Lipinski definition) is 2. The van der Waals surface area contributed by atoms with Crippen LogP contribution in [-0.4, -0.2) is 29.8 Å². The van der Waals surface area contributed by atoms with Crippen LogP contribution in [-0.2, 0) is 16.0 Å². The zero-order valence-electron chi connectivity index (χ0n) is 13.7. The van der Waals surface area contributed by atoms with Gasteiger partial charge in [0.05, 0.1) is 5.92 Å². The second-order valence-electron chi connectivity index (χ2n) is 6.53. The molecule has 0 bridgehead atoms. The van der Waals surface area contributed by atoms with Crippen molar-refractivity contribution in [2.45, 2.75) is 19.8 Å². The van der Waals surface area contributed by atoms with Gasteiger partial charge < -0.3 is 10.2 Å². The van der Waals surface area contributed by atoms with Crippen molar-refractivity contribution in [3.63, 3.8) is 0 Å². The zero-order chi connectivity index (χ0) is 16.7. The summed E-state index contributed by atoms with van der Waals surface area (Å²) in [5.41, 5.74) is 5.92. The van der Waals surface area contributed by atoms with E-state index in [4.69, 9.17) is 0 Å². The number of amides is 2. The van der Waals surface area contributed by atoms with Crippen molar-refractivity contribution in [3.8, 4) is 11.1 Å². The number of hydrogen-bond donors (Lipinski definition) is 1. The van der Waals surface area contributed by atoms with Gasteiger partial charge in [0.1, 0.15) is 0 Å². The van der Waals surface area contributed by atoms with Crippen molar-refractivity contribution in [2.24, 2.45) is 5.92 Å². The van der Waals surface area contributed by atoms with Crippen LogP contribution in [0.25, 0.3) is 11.1 Å². The van der Waals surface area contributed by atoms with E-state index in [-0.39, 0.29) is 17.7 Å². The number of nitrogens with zero attached hydrogens (tertiary/aromatic N) is 1. The van der Waals surface area contributed by atoms with Gasteiger partial charge in [-0.25, -0.2) is 0 Å². The quantitative estimate of drug-likeness (QED) is 0.806. The van der Waals surface area contributed by atoms with Gasteiger partial charge in [-0.05, 0) is 47.7 Å². The molecule has 0 aromatic heterocycles. The Labute approximate surface area is 141 Å². The summed E-state index contributed by atoms with van der Waals surface area (Å²) in [6, 6.07) is 14.5. The summed E-state index contributed by atoms with van der Waals surface area (Å²) in [5.74, 6) is -0.236. The SMILES string of the molecule is CCN1CC(C(=O)Nc2ccc3c(c2)Cc2ccccc2-3)CC1=O. The van der Waals surface area contributed by atoms with Gasteiger partial charge in [-0.1, -0.05) is 30.3 Å². The number of likely N-dealkylation sites (tertiary alicyclic amines) is 1. The maximum absolute atomic E-state index is 12.5. The number of anilines is 1. The van der Waals surface area contributed by atoms with Gasteiger partial charge in [-0.2, -0.15) is 0 Å². The molecule has 1 saturated heterocycles. The Bertz CT molecular complexity index is 828. The molecule has 1 N–H and O–H groups in total. The Kier molecular flexibility index (Phi) is 3.60. The fourth-order valence-electron chi connectivity index (χ4n) is 3.72. The molecule has 1 atom stereocenters. The first-order valence-electron chi connectivity index (χ1n) is 8.45. The maximum Gasteiger partial charge on any atom is 0.229 e. The van der Waals surface area contributed by atoms with Crippen molar-refractivity contribution in [1.82, 2.24) is 4.90 Å². The van der Waals surface area contributed by atoms with E-state index < -0.39 is 0 Å². The summed E-state index contributed by atoms with van der Waals surface area (Å²) in [4.78, 5) is 26.0. The van der Waals surface area contributed by atoms with Crippen LogP contribution in [0.15, 0.2) is 42.5 Å². The fraction of sp³-hybridized carbons (Fsp3) is 0.300. The lowest BCUT2D eigenvalue weighted by molar-refractivity contribution is -0.128. The highest BCUT2D eigenvalue weighted by molar-refractivity contribution is 5.97. The van der Waals surface area contributed by atoms with Gasteiger partial charge in [0.2, 0.25) is 11.8 Å². The third kappa shape index (κ3) is 2.48. The molecule has 4 rings (SSSR count). The molecule has 1 unspecified atom stereocenters. The van der Waals surface area contributed by atoms with Gasteiger partial charge in [-0.15, -0.1) is 0 Å². The largest absolute Gasteiger partial charge is 0.342 e. The Balaban J connectivity index is 1.50. The zero-order valence-corrected chi connectivity index (χ0v) is 13.7. The average molecular weight is 320 g/mol. The Hall–Kier alpha value is -2.62. The highest BCUT2D eigenvalue weighted by Crippen LogP contribution is 2.37. The van der Waals surface area contributed by atoms with Crippen molar-refractivity contribution in [3.05, 3.63) is 53.6 Å². The van der Waals surface area contributed by atoms with Crippen LogP contribution in [0.1, 0.15) is 24.5 Å². The predicted octanol–water partition coefficient (Wildman–Crippen LogP) is 3.06. The molecule has 4 nitrogen and oxygen atoms in total. The summed E-state index contributed by atoms with van der Waals surface area (Å²) in [6.45, 7) is 3.13. The van der Waals surface area contributed by atoms with Crippen LogP contribution in [0.2, 0.25) is 0 Å². The van der Waals surface area contributed by atoms with Crippen LogP contribution in [0.4, 0.5) is 5.69 Å². The van der Waals surface area contributed by atoms with Crippen LogP contribution in [0, 0.1) is 5.92 Å². The van der Waals surface area contributed by atoms with Crippen molar-refractivity contribution in [2.75, 3.05) is 18.4 Å². The molecule has 0 spiro atoms. The highest BCUT2D eigenvalue weighted by atomic mass is 16.2. The smallest absolute Gasteiger partial charge is 0.229 e. The normalized spacial score (nSPS) is 18.5. The molecular formula is C20H20N2O2. The molecule has 1 heterocycles. The number of benzene rings is 2. The van der Waals surface area contributed by atoms with E-state index in [9.17, 15) is 9.59 Å². The minimum absolute atomic E-state index is 0.0604. The first-order chi connectivity index (χ1) is 11.7. The fourth-order valence-corrected chi connectivity index (χ4v) is 3.72. The molecule has 2 aromatic rings. The number of carbonyl (C=O) groups is 2. The van der Waals surface area contributed by atoms with Crippen LogP contribution < -0.4 is 5.32 Å². The van der Waals surface area contributed by atoms with Crippen LogP contribution >= 0.6 is 0 Å². The third-order valence-corrected chi connectivity index (χ3v) is 5.03. The second kappa shape index (κ2) is 5.78. The molecule has 0 radical (unpaired) electrons. The summed E-state index contributed by atoms with van der Waals surface area (Å²) >= 11 is 0. The predicted molar refractivity (Wildman–Crippen MR) is 93.7 cm³/mol. The molecular weight excluding hydrogens is 300 g/mol. The minimum atomic E-state index is -0.247. The lowest BCUT2D eigenvalue weighted by Gasteiger charge is -2.14. The standard InChI is InChI=1S/C20H20N2O2/c1-2-22-12-15(11-19(22)23)20(24)21-16-7-8-18-14(10-16)9-13-5-3-4-6-17(13)18/h3-8,10,15H,2,9,11-12H2,1H3,(H,21,24). The molecule has 4 heteroatoms. The lowest BCUT2D eigenvalue weighted by Crippen LogP contribution is -2.28. The van der Waals surface area contributed by atoms with Crippen LogP contribution in [0.5, 0.6) is 0 Å². The summed E-state index contributed by atoms with van der Waals surface area (Å²) in [5, 5.41) is 2.99. The molecule has 1 aliphatic heterocycles. The molecule has 122 valence electrons. The summed E-state index contributed by atoms with van der Waals surface area (Å²) < 4.78 is 0. The van der Waals surface area contributed by atoms with Gasteiger partial charge in [0, 0.05) is 25.2 Å². The summed E-state index contributed by atoms with van der Waals surface area (Å²) in [6.07, 6.45) is 1.22. The first-order valence-corrected chi connectivity index (χ1v) is 8.45. The Morgan fingerprint density at radius 3 is 2.75 bits per heavy atom.